The van der Waals surface area contributed by atoms with Crippen LogP contribution in [0.15, 0.2) is 66.7 Å². The number of methoxy groups -OCH3 is 3. The molecule has 0 aromatic heterocycles. The van der Waals surface area contributed by atoms with E-state index in [1.54, 1.807) is 21.3 Å². The molecule has 158 valence electrons. The van der Waals surface area contributed by atoms with Gasteiger partial charge in [0.15, 0.2) is 11.5 Å². The molecule has 0 radical (unpaired) electrons. The Balaban J connectivity index is 1.71. The second kappa shape index (κ2) is 9.59. The summed E-state index contributed by atoms with van der Waals surface area (Å²) in [7, 11) is 5.04. The maximum Gasteiger partial charge on any atom is 0.161 e. The van der Waals surface area contributed by atoms with Crippen LogP contribution in [0, 0.1) is 11.8 Å². The van der Waals surface area contributed by atoms with Gasteiger partial charge in [0, 0.05) is 18.7 Å². The van der Waals surface area contributed by atoms with E-state index in [1.807, 2.05) is 42.5 Å². The van der Waals surface area contributed by atoms with Crippen molar-refractivity contribution in [2.45, 2.75) is 19.0 Å². The van der Waals surface area contributed by atoms with E-state index in [9.17, 15) is 0 Å². The number of hydrogen-bond acceptors (Lipinski definition) is 4. The molecule has 0 saturated heterocycles. The van der Waals surface area contributed by atoms with E-state index in [0.717, 1.165) is 42.3 Å². The van der Waals surface area contributed by atoms with Crippen LogP contribution in [0.2, 0.25) is 0 Å². The predicted octanol–water partition coefficient (Wildman–Crippen LogP) is 4.86. The Bertz CT molecular complexity index is 1080. The summed E-state index contributed by atoms with van der Waals surface area (Å²) in [4.78, 5) is 2.42. The van der Waals surface area contributed by atoms with Gasteiger partial charge in [0.25, 0.3) is 0 Å². The van der Waals surface area contributed by atoms with Crippen LogP contribution in [0.5, 0.6) is 17.2 Å². The molecule has 1 atom stereocenters. The average Bonchev–Trinajstić information content (AvgIpc) is 2.83. The third-order valence-corrected chi connectivity index (χ3v) is 5.65. The fraction of sp³-hybridized carbons (Fsp3) is 0.259. The van der Waals surface area contributed by atoms with Crippen molar-refractivity contribution in [2.24, 2.45) is 0 Å². The molecule has 0 fully saturated rings. The van der Waals surface area contributed by atoms with Crippen LogP contribution in [-0.2, 0) is 13.0 Å². The lowest BCUT2D eigenvalue weighted by atomic mass is 9.91. The van der Waals surface area contributed by atoms with Gasteiger partial charge in [-0.05, 0) is 59.5 Å². The molecule has 4 nitrogen and oxygen atoms in total. The van der Waals surface area contributed by atoms with Crippen molar-refractivity contribution in [1.82, 2.24) is 4.90 Å². The number of benzene rings is 3. The highest BCUT2D eigenvalue weighted by atomic mass is 16.5. The first kappa shape index (κ1) is 20.8. The first-order chi connectivity index (χ1) is 15.2. The molecule has 0 saturated carbocycles. The quantitative estimate of drug-likeness (QED) is 0.559. The van der Waals surface area contributed by atoms with Gasteiger partial charge >= 0.3 is 0 Å². The van der Waals surface area contributed by atoms with Crippen LogP contribution < -0.4 is 14.2 Å². The van der Waals surface area contributed by atoms with Gasteiger partial charge in [-0.25, -0.2) is 0 Å². The van der Waals surface area contributed by atoms with Crippen LogP contribution in [-0.4, -0.2) is 32.8 Å². The maximum atomic E-state index is 5.59. The number of fused-ring (bicyclic) bond motifs is 1. The lowest BCUT2D eigenvalue weighted by Crippen LogP contribution is -2.34. The fourth-order valence-electron chi connectivity index (χ4n) is 3.98. The largest absolute Gasteiger partial charge is 0.497 e. The number of ether oxygens (including phenoxy) is 3. The Morgan fingerprint density at radius 1 is 0.871 bits per heavy atom. The highest BCUT2D eigenvalue weighted by Gasteiger charge is 2.28. The predicted molar refractivity (Wildman–Crippen MR) is 123 cm³/mol. The molecule has 1 aliphatic rings. The normalized spacial score (nSPS) is 15.4. The molecule has 0 spiro atoms. The third kappa shape index (κ3) is 4.68. The lowest BCUT2D eigenvalue weighted by Gasteiger charge is -2.35. The summed E-state index contributed by atoms with van der Waals surface area (Å²) in [5.74, 6) is 9.27. The number of rotatable bonds is 5. The van der Waals surface area contributed by atoms with Crippen molar-refractivity contribution >= 4 is 0 Å². The molecule has 3 aromatic rings. The molecule has 3 aromatic carbocycles. The van der Waals surface area contributed by atoms with Crippen LogP contribution in [0.1, 0.15) is 28.3 Å². The second-order valence-electron chi connectivity index (χ2n) is 7.51. The SMILES string of the molecule is COc1ccc(CN2CCc3cc(OC)c(OC)cc3C2C#Cc2ccccc2)cc1. The van der Waals surface area contributed by atoms with E-state index in [0.29, 0.717) is 0 Å². The lowest BCUT2D eigenvalue weighted by molar-refractivity contribution is 0.215. The summed E-state index contributed by atoms with van der Waals surface area (Å²) in [5.41, 5.74) is 4.69. The van der Waals surface area contributed by atoms with E-state index >= 15 is 0 Å². The maximum absolute atomic E-state index is 5.59. The van der Waals surface area contributed by atoms with E-state index in [1.165, 1.54) is 16.7 Å². The number of nitrogens with zero attached hydrogens (tertiary/aromatic N) is 1. The molecule has 0 N–H and O–H groups in total. The highest BCUT2D eigenvalue weighted by molar-refractivity contribution is 5.52. The summed E-state index contributed by atoms with van der Waals surface area (Å²) < 4.78 is 16.4. The van der Waals surface area contributed by atoms with Crippen LogP contribution in [0.4, 0.5) is 0 Å². The van der Waals surface area contributed by atoms with Gasteiger partial charge in [-0.3, -0.25) is 4.90 Å². The van der Waals surface area contributed by atoms with E-state index in [2.05, 4.69) is 41.0 Å². The van der Waals surface area contributed by atoms with Crippen molar-refractivity contribution in [3.8, 4) is 29.1 Å². The molecule has 0 aliphatic carbocycles. The minimum absolute atomic E-state index is 0.0362. The molecule has 0 bridgehead atoms. The molecule has 1 unspecified atom stereocenters. The molecular formula is C27H27NO3. The second-order valence-corrected chi connectivity index (χ2v) is 7.51. The zero-order chi connectivity index (χ0) is 21.6. The average molecular weight is 414 g/mol. The zero-order valence-electron chi connectivity index (χ0n) is 18.2. The van der Waals surface area contributed by atoms with Gasteiger partial charge in [-0.1, -0.05) is 42.2 Å². The molecule has 4 rings (SSSR count). The molecule has 31 heavy (non-hydrogen) atoms. The van der Waals surface area contributed by atoms with Crippen molar-refractivity contribution in [3.05, 3.63) is 89.0 Å². The summed E-state index contributed by atoms with van der Waals surface area (Å²) in [5, 5.41) is 0. The van der Waals surface area contributed by atoms with Gasteiger partial charge in [0.1, 0.15) is 5.75 Å². The summed E-state index contributed by atoms with van der Waals surface area (Å²) >= 11 is 0. The Morgan fingerprint density at radius 2 is 1.58 bits per heavy atom. The smallest absolute Gasteiger partial charge is 0.161 e. The van der Waals surface area contributed by atoms with Crippen LogP contribution >= 0.6 is 0 Å². The molecule has 1 aliphatic heterocycles. The third-order valence-electron chi connectivity index (χ3n) is 5.65. The monoisotopic (exact) mass is 413 g/mol. The van der Waals surface area contributed by atoms with Crippen molar-refractivity contribution in [1.29, 1.82) is 0 Å². The Morgan fingerprint density at radius 3 is 2.26 bits per heavy atom. The van der Waals surface area contributed by atoms with Crippen molar-refractivity contribution in [2.75, 3.05) is 27.9 Å². The Hall–Kier alpha value is -3.42. The van der Waals surface area contributed by atoms with Gasteiger partial charge < -0.3 is 14.2 Å². The van der Waals surface area contributed by atoms with Crippen LogP contribution in [0.3, 0.4) is 0 Å². The van der Waals surface area contributed by atoms with Gasteiger partial charge in [0.05, 0.1) is 27.4 Å². The number of hydrogen-bond donors (Lipinski definition) is 0. The Labute approximate surface area is 184 Å². The fourth-order valence-corrected chi connectivity index (χ4v) is 3.98. The minimum atomic E-state index is -0.0362. The molecule has 1 heterocycles. The molecule has 0 amide bonds. The molecule has 4 heteroatoms. The summed E-state index contributed by atoms with van der Waals surface area (Å²) in [6.45, 7) is 1.73. The van der Waals surface area contributed by atoms with Gasteiger partial charge in [-0.15, -0.1) is 0 Å². The summed E-state index contributed by atoms with van der Waals surface area (Å²) in [6.07, 6.45) is 0.940. The van der Waals surface area contributed by atoms with Crippen molar-refractivity contribution in [3.63, 3.8) is 0 Å². The van der Waals surface area contributed by atoms with Crippen molar-refractivity contribution < 1.29 is 14.2 Å². The topological polar surface area (TPSA) is 30.9 Å². The minimum Gasteiger partial charge on any atom is -0.497 e. The van der Waals surface area contributed by atoms with E-state index in [4.69, 9.17) is 14.2 Å². The van der Waals surface area contributed by atoms with E-state index in [-0.39, 0.29) is 6.04 Å². The highest BCUT2D eigenvalue weighted by Crippen LogP contribution is 2.38. The summed E-state index contributed by atoms with van der Waals surface area (Å²) in [6, 6.07) is 22.5. The Kier molecular flexibility index (Phi) is 6.45. The van der Waals surface area contributed by atoms with Crippen LogP contribution in [0.25, 0.3) is 0 Å². The first-order valence-corrected chi connectivity index (χ1v) is 10.4. The van der Waals surface area contributed by atoms with E-state index < -0.39 is 0 Å². The standard InChI is InChI=1S/C27H27NO3/c1-29-23-12-9-21(10-13-23)19-28-16-15-22-17-26(30-2)27(31-3)18-24(22)25(28)14-11-20-7-5-4-6-8-20/h4-10,12-13,17-18,25H,15-16,19H2,1-3H3. The molecular weight excluding hydrogens is 386 g/mol. The first-order valence-electron chi connectivity index (χ1n) is 10.4. The van der Waals surface area contributed by atoms with Gasteiger partial charge in [-0.2, -0.15) is 0 Å². The zero-order valence-corrected chi connectivity index (χ0v) is 18.2. The van der Waals surface area contributed by atoms with Gasteiger partial charge in [0.2, 0.25) is 0 Å².